The molecule has 0 bridgehead atoms. The summed E-state index contributed by atoms with van der Waals surface area (Å²) in [5.41, 5.74) is 6.22. The number of hydrogen-bond donors (Lipinski definition) is 3. The van der Waals surface area contributed by atoms with Gasteiger partial charge in [0.05, 0.1) is 0 Å². The van der Waals surface area contributed by atoms with Gasteiger partial charge in [0, 0.05) is 6.92 Å². The van der Waals surface area contributed by atoms with Crippen LogP contribution >= 0.6 is 0 Å². The maximum absolute atomic E-state index is 11.1. The summed E-state index contributed by atoms with van der Waals surface area (Å²) in [4.78, 5) is 15.1. The predicted octanol–water partition coefficient (Wildman–Crippen LogP) is 2.74. The number of hydrogen-bond acceptors (Lipinski definition) is 6. The summed E-state index contributed by atoms with van der Waals surface area (Å²) in [6.45, 7) is 1.36. The van der Waals surface area contributed by atoms with Gasteiger partial charge in [-0.05, 0) is 24.3 Å². The average Bonchev–Trinajstić information content (AvgIpc) is 2.39. The van der Waals surface area contributed by atoms with E-state index in [2.05, 4.69) is 20.5 Å². The van der Waals surface area contributed by atoms with E-state index in [0.717, 1.165) is 0 Å². The minimum Gasteiger partial charge on any atom is -0.506 e. The Morgan fingerprint density at radius 2 is 1.90 bits per heavy atom. The zero-order chi connectivity index (χ0) is 14.5. The molecule has 2 rings (SSSR count). The van der Waals surface area contributed by atoms with Crippen molar-refractivity contribution in [2.75, 3.05) is 11.1 Å². The van der Waals surface area contributed by atoms with Gasteiger partial charge in [0.15, 0.2) is 5.82 Å². The number of rotatable bonds is 3. The van der Waals surface area contributed by atoms with Gasteiger partial charge in [0.25, 0.3) is 0 Å². The van der Waals surface area contributed by atoms with Gasteiger partial charge in [0.2, 0.25) is 5.91 Å². The maximum Gasteiger partial charge on any atom is 0.222 e. The number of phenols is 1. The molecule has 102 valence electrons. The second kappa shape index (κ2) is 5.79. The number of nitrogens with one attached hydrogen (secondary N) is 1. The number of benzene rings is 1. The Hall–Kier alpha value is -2.96. The highest BCUT2D eigenvalue weighted by molar-refractivity contribution is 5.90. The second-order valence-corrected chi connectivity index (χ2v) is 3.97. The van der Waals surface area contributed by atoms with E-state index >= 15 is 0 Å². The molecule has 0 aliphatic heterocycles. The third kappa shape index (κ3) is 3.29. The number of pyridine rings is 1. The first-order chi connectivity index (χ1) is 9.56. The fourth-order valence-electron chi connectivity index (χ4n) is 1.46. The van der Waals surface area contributed by atoms with E-state index < -0.39 is 0 Å². The molecule has 7 heteroatoms. The third-order valence-corrected chi connectivity index (χ3v) is 2.34. The molecule has 1 aromatic carbocycles. The molecule has 2 aromatic rings. The first kappa shape index (κ1) is 13.5. The van der Waals surface area contributed by atoms with Crippen molar-refractivity contribution in [2.24, 2.45) is 10.2 Å². The molecule has 7 nitrogen and oxygen atoms in total. The van der Waals surface area contributed by atoms with Crippen molar-refractivity contribution in [3.05, 3.63) is 36.4 Å². The number of carbonyl (C=O) groups excluding carboxylic acids is 1. The summed E-state index contributed by atoms with van der Waals surface area (Å²) in [7, 11) is 0. The van der Waals surface area contributed by atoms with Gasteiger partial charge in [-0.15, -0.1) is 10.2 Å². The van der Waals surface area contributed by atoms with Crippen LogP contribution in [0.3, 0.4) is 0 Å². The van der Waals surface area contributed by atoms with Gasteiger partial charge in [0.1, 0.15) is 22.9 Å². The molecular weight excluding hydrogens is 258 g/mol. The van der Waals surface area contributed by atoms with Crippen LogP contribution in [0.1, 0.15) is 6.92 Å². The number of aromatic nitrogens is 1. The highest BCUT2D eigenvalue weighted by Crippen LogP contribution is 2.30. The zero-order valence-corrected chi connectivity index (χ0v) is 10.7. The Kier molecular flexibility index (Phi) is 3.90. The zero-order valence-electron chi connectivity index (χ0n) is 10.7. The smallest absolute Gasteiger partial charge is 0.222 e. The Labute approximate surface area is 115 Å². The van der Waals surface area contributed by atoms with E-state index in [4.69, 9.17) is 5.73 Å². The van der Waals surface area contributed by atoms with E-state index in [-0.39, 0.29) is 23.3 Å². The topological polar surface area (TPSA) is 113 Å². The van der Waals surface area contributed by atoms with Gasteiger partial charge in [-0.2, -0.15) is 0 Å². The van der Waals surface area contributed by atoms with Gasteiger partial charge in [-0.3, -0.25) is 4.79 Å². The molecule has 0 saturated heterocycles. The van der Waals surface area contributed by atoms with Gasteiger partial charge in [-0.25, -0.2) is 4.98 Å². The fourth-order valence-corrected chi connectivity index (χ4v) is 1.46. The molecule has 1 amide bonds. The number of aromatic hydroxyl groups is 1. The van der Waals surface area contributed by atoms with Gasteiger partial charge in [-0.1, -0.05) is 12.1 Å². The number of para-hydroxylation sites is 1. The summed E-state index contributed by atoms with van der Waals surface area (Å²) in [6.07, 6.45) is 0. The standard InChI is InChI=1S/C13H13N5O2/c1-8(19)15-13-10(6-7-12(14)16-13)18-17-9-4-2-3-5-11(9)20/h2-7,20H,1H3,(H3,14,15,16,19). The van der Waals surface area contributed by atoms with Crippen LogP contribution in [0, 0.1) is 0 Å². The van der Waals surface area contributed by atoms with Crippen molar-refractivity contribution in [3.8, 4) is 5.75 Å². The van der Waals surface area contributed by atoms with Crippen LogP contribution in [-0.4, -0.2) is 16.0 Å². The molecule has 0 radical (unpaired) electrons. The summed E-state index contributed by atoms with van der Waals surface area (Å²) >= 11 is 0. The lowest BCUT2D eigenvalue weighted by atomic mass is 10.3. The van der Waals surface area contributed by atoms with E-state index in [9.17, 15) is 9.90 Å². The first-order valence-electron chi connectivity index (χ1n) is 5.80. The number of nitrogen functional groups attached to an aromatic ring is 1. The molecule has 1 aromatic heterocycles. The average molecular weight is 271 g/mol. The molecule has 1 heterocycles. The second-order valence-electron chi connectivity index (χ2n) is 3.97. The molecular formula is C13H13N5O2. The molecule has 0 atom stereocenters. The maximum atomic E-state index is 11.1. The predicted molar refractivity (Wildman–Crippen MR) is 75.2 cm³/mol. The molecule has 0 spiro atoms. The number of anilines is 2. The van der Waals surface area contributed by atoms with E-state index in [1.807, 2.05) is 0 Å². The van der Waals surface area contributed by atoms with Crippen molar-refractivity contribution in [2.45, 2.75) is 6.92 Å². The highest BCUT2D eigenvalue weighted by atomic mass is 16.3. The fraction of sp³-hybridized carbons (Fsp3) is 0.0769. The monoisotopic (exact) mass is 271 g/mol. The Morgan fingerprint density at radius 3 is 2.60 bits per heavy atom. The lowest BCUT2D eigenvalue weighted by Crippen LogP contribution is -2.08. The van der Waals surface area contributed by atoms with E-state index in [0.29, 0.717) is 11.4 Å². The van der Waals surface area contributed by atoms with Gasteiger partial charge < -0.3 is 16.2 Å². The summed E-state index contributed by atoms with van der Waals surface area (Å²) < 4.78 is 0. The number of phenolic OH excluding ortho intramolecular Hbond substituents is 1. The quantitative estimate of drug-likeness (QED) is 0.745. The van der Waals surface area contributed by atoms with Crippen LogP contribution in [-0.2, 0) is 4.79 Å². The minimum absolute atomic E-state index is 0.0146. The number of carbonyl (C=O) groups is 1. The summed E-state index contributed by atoms with van der Waals surface area (Å²) in [6, 6.07) is 9.65. The van der Waals surface area contributed by atoms with Crippen molar-refractivity contribution in [1.82, 2.24) is 4.98 Å². The molecule has 0 aliphatic carbocycles. The van der Waals surface area contributed by atoms with Crippen LogP contribution < -0.4 is 11.1 Å². The Bertz CT molecular complexity index is 670. The van der Waals surface area contributed by atoms with Crippen LogP contribution in [0.5, 0.6) is 5.75 Å². The summed E-state index contributed by atoms with van der Waals surface area (Å²) in [5, 5.41) is 20.0. The van der Waals surface area contributed by atoms with Crippen LogP contribution in [0.15, 0.2) is 46.6 Å². The van der Waals surface area contributed by atoms with Crippen molar-refractivity contribution < 1.29 is 9.90 Å². The van der Waals surface area contributed by atoms with Crippen LogP contribution in [0.2, 0.25) is 0 Å². The van der Waals surface area contributed by atoms with Crippen molar-refractivity contribution in [1.29, 1.82) is 0 Å². The van der Waals surface area contributed by atoms with Crippen LogP contribution in [0.25, 0.3) is 0 Å². The third-order valence-electron chi connectivity index (χ3n) is 2.34. The SMILES string of the molecule is CC(=O)Nc1nc(N)ccc1N=Nc1ccccc1O. The first-order valence-corrected chi connectivity index (χ1v) is 5.80. The van der Waals surface area contributed by atoms with Crippen molar-refractivity contribution >= 4 is 28.9 Å². The molecule has 0 unspecified atom stereocenters. The molecule has 0 saturated carbocycles. The normalized spacial score (nSPS) is 10.7. The number of nitrogens with zero attached hydrogens (tertiary/aromatic N) is 3. The largest absolute Gasteiger partial charge is 0.506 e. The Balaban J connectivity index is 2.33. The van der Waals surface area contributed by atoms with E-state index in [1.54, 1.807) is 30.3 Å². The number of azo groups is 1. The Morgan fingerprint density at radius 1 is 1.20 bits per heavy atom. The molecule has 20 heavy (non-hydrogen) atoms. The molecule has 0 fully saturated rings. The highest BCUT2D eigenvalue weighted by Gasteiger charge is 2.06. The number of nitrogens with two attached hydrogens (primary N) is 1. The lowest BCUT2D eigenvalue weighted by Gasteiger charge is -2.05. The minimum atomic E-state index is -0.290. The van der Waals surface area contributed by atoms with Crippen molar-refractivity contribution in [3.63, 3.8) is 0 Å². The number of amides is 1. The molecule has 0 aliphatic rings. The summed E-state index contributed by atoms with van der Waals surface area (Å²) in [5.74, 6) is 0.203. The van der Waals surface area contributed by atoms with Crippen LogP contribution in [0.4, 0.5) is 23.0 Å². The van der Waals surface area contributed by atoms with Gasteiger partial charge >= 0.3 is 0 Å². The molecule has 4 N–H and O–H groups in total. The van der Waals surface area contributed by atoms with E-state index in [1.165, 1.54) is 13.0 Å². The lowest BCUT2D eigenvalue weighted by molar-refractivity contribution is -0.114.